The summed E-state index contributed by atoms with van der Waals surface area (Å²) in [4.78, 5) is 18.5. The predicted molar refractivity (Wildman–Crippen MR) is 149 cm³/mol. The molecule has 0 bridgehead atoms. The zero-order valence-electron chi connectivity index (χ0n) is 21.9. The van der Waals surface area contributed by atoms with Crippen LogP contribution in [-0.2, 0) is 4.79 Å². The number of carbonyl (C=O) groups is 1. The lowest BCUT2D eigenvalue weighted by Gasteiger charge is -2.29. The van der Waals surface area contributed by atoms with Crippen molar-refractivity contribution >= 4 is 29.3 Å². The van der Waals surface area contributed by atoms with E-state index in [9.17, 15) is 4.79 Å². The normalized spacial score (nSPS) is 14.6. The SMILES string of the molecule is CCCCSc1nc2n(n1)C(c1ccc(OCCC)cc1)C(C(=O)Nc1ccccc1OCC)=C(C)N2. The second kappa shape index (κ2) is 12.7. The smallest absolute Gasteiger partial charge is 0.255 e. The van der Waals surface area contributed by atoms with E-state index in [0.717, 1.165) is 42.0 Å². The largest absolute Gasteiger partial charge is 0.494 e. The summed E-state index contributed by atoms with van der Waals surface area (Å²) in [5.74, 6) is 2.77. The van der Waals surface area contributed by atoms with Crippen LogP contribution in [0, 0.1) is 0 Å². The Hall–Kier alpha value is -3.46. The van der Waals surface area contributed by atoms with E-state index < -0.39 is 6.04 Å². The van der Waals surface area contributed by atoms with Crippen LogP contribution in [0.4, 0.5) is 11.6 Å². The van der Waals surface area contributed by atoms with Crippen molar-refractivity contribution in [3.8, 4) is 11.5 Å². The summed E-state index contributed by atoms with van der Waals surface area (Å²) in [6, 6.07) is 14.9. The van der Waals surface area contributed by atoms with Gasteiger partial charge in [-0.15, -0.1) is 5.10 Å². The molecule has 1 unspecified atom stereocenters. The quantitative estimate of drug-likeness (QED) is 0.214. The van der Waals surface area contributed by atoms with E-state index in [0.29, 0.717) is 41.3 Å². The van der Waals surface area contributed by atoms with Crippen molar-refractivity contribution in [2.75, 3.05) is 29.6 Å². The maximum atomic E-state index is 13.8. The van der Waals surface area contributed by atoms with Gasteiger partial charge in [-0.05, 0) is 56.5 Å². The predicted octanol–water partition coefficient (Wildman–Crippen LogP) is 6.29. The molecule has 1 amide bonds. The molecule has 1 aromatic heterocycles. The number of unbranched alkanes of at least 4 members (excludes halogenated alkanes) is 1. The Balaban J connectivity index is 1.70. The van der Waals surface area contributed by atoms with E-state index in [1.807, 2.05) is 67.1 Å². The Morgan fingerprint density at radius 1 is 1.08 bits per heavy atom. The van der Waals surface area contributed by atoms with Gasteiger partial charge in [0.2, 0.25) is 11.1 Å². The standard InChI is InChI=1S/C28H35N5O3S/c1-5-8-18-37-28-31-27-29-19(4)24(26(34)30-22-11-9-10-12-23(22)35-7-3)25(33(27)32-28)20-13-15-21(16-14-20)36-17-6-2/h9-16,25H,5-8,17-18H2,1-4H3,(H,30,34)(H,29,31,32). The Bertz CT molecular complexity index is 1240. The third kappa shape index (κ3) is 6.28. The molecule has 1 aliphatic heterocycles. The van der Waals surface area contributed by atoms with Crippen molar-refractivity contribution in [2.24, 2.45) is 0 Å². The first-order chi connectivity index (χ1) is 18.0. The Labute approximate surface area is 222 Å². The molecule has 8 nitrogen and oxygen atoms in total. The van der Waals surface area contributed by atoms with Crippen LogP contribution in [0.3, 0.4) is 0 Å². The Morgan fingerprint density at radius 2 is 1.86 bits per heavy atom. The fraction of sp³-hybridized carbons (Fsp3) is 0.393. The van der Waals surface area contributed by atoms with Gasteiger partial charge in [-0.2, -0.15) is 4.98 Å². The molecule has 2 N–H and O–H groups in total. The zero-order chi connectivity index (χ0) is 26.2. The average molecular weight is 522 g/mol. The lowest BCUT2D eigenvalue weighted by Crippen LogP contribution is -2.31. The van der Waals surface area contributed by atoms with Crippen molar-refractivity contribution in [3.05, 3.63) is 65.4 Å². The third-order valence-corrected chi connectivity index (χ3v) is 6.83. The van der Waals surface area contributed by atoms with Gasteiger partial charge in [-0.25, -0.2) is 4.68 Å². The minimum Gasteiger partial charge on any atom is -0.494 e. The number of fused-ring (bicyclic) bond motifs is 1. The Kier molecular flexibility index (Phi) is 9.11. The summed E-state index contributed by atoms with van der Waals surface area (Å²) >= 11 is 1.63. The molecule has 0 radical (unpaired) electrons. The summed E-state index contributed by atoms with van der Waals surface area (Å²) in [6.45, 7) is 9.23. The highest BCUT2D eigenvalue weighted by molar-refractivity contribution is 7.99. The number of allylic oxidation sites excluding steroid dienone is 1. The molecule has 0 fully saturated rings. The van der Waals surface area contributed by atoms with Crippen LogP contribution in [0.15, 0.2) is 65.0 Å². The molecule has 2 heterocycles. The van der Waals surface area contributed by atoms with Gasteiger partial charge in [0.25, 0.3) is 5.91 Å². The van der Waals surface area contributed by atoms with E-state index in [1.165, 1.54) is 0 Å². The second-order valence-electron chi connectivity index (χ2n) is 8.73. The number of anilines is 2. The number of para-hydroxylation sites is 2. The maximum absolute atomic E-state index is 13.8. The van der Waals surface area contributed by atoms with Gasteiger partial charge in [-0.3, -0.25) is 4.79 Å². The van der Waals surface area contributed by atoms with Gasteiger partial charge in [0.1, 0.15) is 17.5 Å². The maximum Gasteiger partial charge on any atom is 0.255 e. The van der Waals surface area contributed by atoms with Gasteiger partial charge in [0, 0.05) is 11.4 Å². The minimum absolute atomic E-state index is 0.227. The lowest BCUT2D eigenvalue weighted by atomic mass is 9.95. The number of nitrogens with one attached hydrogen (secondary N) is 2. The van der Waals surface area contributed by atoms with Crippen LogP contribution in [-0.4, -0.2) is 39.6 Å². The molecule has 9 heteroatoms. The summed E-state index contributed by atoms with van der Waals surface area (Å²) < 4.78 is 13.3. The fourth-order valence-corrected chi connectivity index (χ4v) is 5.02. The van der Waals surface area contributed by atoms with Gasteiger partial charge >= 0.3 is 0 Å². The molecular formula is C28H35N5O3S. The van der Waals surface area contributed by atoms with Gasteiger partial charge in [-0.1, -0.05) is 56.3 Å². The number of rotatable bonds is 12. The van der Waals surface area contributed by atoms with Crippen molar-refractivity contribution in [1.82, 2.24) is 14.8 Å². The number of hydrogen-bond donors (Lipinski definition) is 2. The van der Waals surface area contributed by atoms with Crippen LogP contribution in [0.1, 0.15) is 58.6 Å². The molecule has 0 saturated heterocycles. The first-order valence-electron chi connectivity index (χ1n) is 12.9. The zero-order valence-corrected chi connectivity index (χ0v) is 22.7. The molecule has 3 aromatic rings. The molecule has 0 saturated carbocycles. The molecule has 196 valence electrons. The number of carbonyl (C=O) groups excluding carboxylic acids is 1. The molecule has 1 aliphatic rings. The van der Waals surface area contributed by atoms with E-state index in [1.54, 1.807) is 11.8 Å². The van der Waals surface area contributed by atoms with Gasteiger partial charge in [0.05, 0.1) is 24.5 Å². The minimum atomic E-state index is -0.455. The first kappa shape index (κ1) is 26.6. The van der Waals surface area contributed by atoms with Crippen LogP contribution >= 0.6 is 11.8 Å². The van der Waals surface area contributed by atoms with E-state index in [-0.39, 0.29) is 5.91 Å². The summed E-state index contributed by atoms with van der Waals surface area (Å²) in [7, 11) is 0. The van der Waals surface area contributed by atoms with Gasteiger partial charge in [0.15, 0.2) is 0 Å². The Morgan fingerprint density at radius 3 is 2.59 bits per heavy atom. The number of ether oxygens (including phenoxy) is 2. The first-order valence-corrected chi connectivity index (χ1v) is 13.9. The number of nitrogens with zero attached hydrogens (tertiary/aromatic N) is 3. The van der Waals surface area contributed by atoms with Crippen LogP contribution < -0.4 is 20.1 Å². The highest BCUT2D eigenvalue weighted by Gasteiger charge is 2.34. The number of benzene rings is 2. The molecule has 0 aliphatic carbocycles. The summed E-state index contributed by atoms with van der Waals surface area (Å²) in [5.41, 5.74) is 2.84. The van der Waals surface area contributed by atoms with Crippen LogP contribution in [0.2, 0.25) is 0 Å². The van der Waals surface area contributed by atoms with Gasteiger partial charge < -0.3 is 20.1 Å². The number of hydrogen-bond acceptors (Lipinski definition) is 7. The number of thioether (sulfide) groups is 1. The van der Waals surface area contributed by atoms with Crippen LogP contribution in [0.5, 0.6) is 11.5 Å². The highest BCUT2D eigenvalue weighted by Crippen LogP contribution is 2.38. The fourth-order valence-electron chi connectivity index (χ4n) is 4.11. The van der Waals surface area contributed by atoms with Crippen molar-refractivity contribution in [1.29, 1.82) is 0 Å². The van der Waals surface area contributed by atoms with E-state index in [2.05, 4.69) is 24.5 Å². The lowest BCUT2D eigenvalue weighted by molar-refractivity contribution is -0.113. The van der Waals surface area contributed by atoms with E-state index >= 15 is 0 Å². The second-order valence-corrected chi connectivity index (χ2v) is 9.79. The van der Waals surface area contributed by atoms with E-state index in [4.69, 9.17) is 19.6 Å². The highest BCUT2D eigenvalue weighted by atomic mass is 32.2. The van der Waals surface area contributed by atoms with Crippen LogP contribution in [0.25, 0.3) is 0 Å². The third-order valence-electron chi connectivity index (χ3n) is 5.91. The van der Waals surface area contributed by atoms with Crippen molar-refractivity contribution in [2.45, 2.75) is 58.2 Å². The molecular weight excluding hydrogens is 486 g/mol. The molecule has 37 heavy (non-hydrogen) atoms. The monoisotopic (exact) mass is 521 g/mol. The summed E-state index contributed by atoms with van der Waals surface area (Å²) in [5, 5.41) is 11.9. The topological polar surface area (TPSA) is 90.3 Å². The molecule has 1 atom stereocenters. The number of aromatic nitrogens is 3. The van der Waals surface area contributed by atoms with Crippen molar-refractivity contribution < 1.29 is 14.3 Å². The van der Waals surface area contributed by atoms with Crippen molar-refractivity contribution in [3.63, 3.8) is 0 Å². The molecule has 0 spiro atoms. The molecule has 2 aromatic carbocycles. The number of amides is 1. The average Bonchev–Trinajstić information content (AvgIpc) is 3.30. The summed E-state index contributed by atoms with van der Waals surface area (Å²) in [6.07, 6.45) is 3.14. The molecule has 4 rings (SSSR count).